The number of imidazole rings is 1. The second-order valence-corrected chi connectivity index (χ2v) is 5.01. The lowest BCUT2D eigenvalue weighted by Gasteiger charge is -2.12. The fourth-order valence-corrected chi connectivity index (χ4v) is 2.69. The molecule has 0 unspecified atom stereocenters. The van der Waals surface area contributed by atoms with E-state index in [1.54, 1.807) is 23.0 Å². The van der Waals surface area contributed by atoms with Crippen molar-refractivity contribution in [3.63, 3.8) is 0 Å². The number of alkyl halides is 1. The molecule has 2 N–H and O–H groups in total. The van der Waals surface area contributed by atoms with E-state index in [9.17, 15) is 4.39 Å². The van der Waals surface area contributed by atoms with Gasteiger partial charge in [-0.3, -0.25) is 0 Å². The van der Waals surface area contributed by atoms with Gasteiger partial charge in [0, 0.05) is 5.92 Å². The number of anilines is 1. The summed E-state index contributed by atoms with van der Waals surface area (Å²) in [6, 6.07) is 1.67. The molecule has 5 nitrogen and oxygen atoms in total. The molecule has 0 radical (unpaired) electrons. The molecule has 2 aromatic heterocycles. The first-order valence-electron chi connectivity index (χ1n) is 6.51. The van der Waals surface area contributed by atoms with Gasteiger partial charge in [0.15, 0.2) is 5.65 Å². The maximum absolute atomic E-state index is 14.4. The minimum absolute atomic E-state index is 0.0633. The molecule has 2 aromatic rings. The van der Waals surface area contributed by atoms with Crippen molar-refractivity contribution < 1.29 is 9.13 Å². The van der Waals surface area contributed by atoms with E-state index < -0.39 is 12.3 Å². The molecule has 1 aliphatic heterocycles. The van der Waals surface area contributed by atoms with Gasteiger partial charge in [0.1, 0.15) is 12.3 Å². The first kappa shape index (κ1) is 12.3. The van der Waals surface area contributed by atoms with E-state index >= 15 is 0 Å². The SMILES string of the molecule is CC[C@H]1O[C@@H](c2cnc3c(N)ccnn23)[C@H](F)[C@@H]1C. The Balaban J connectivity index is 2.04. The van der Waals surface area contributed by atoms with E-state index in [0.717, 1.165) is 6.42 Å². The normalized spacial score (nSPS) is 31.1. The molecule has 0 saturated carbocycles. The third-order valence-electron chi connectivity index (χ3n) is 3.85. The Hall–Kier alpha value is -1.69. The summed E-state index contributed by atoms with van der Waals surface area (Å²) in [5, 5.41) is 4.18. The van der Waals surface area contributed by atoms with Crippen molar-refractivity contribution in [2.24, 2.45) is 5.92 Å². The van der Waals surface area contributed by atoms with E-state index in [1.165, 1.54) is 0 Å². The third-order valence-corrected chi connectivity index (χ3v) is 3.85. The number of nitrogens with two attached hydrogens (primary N) is 1. The zero-order chi connectivity index (χ0) is 13.6. The van der Waals surface area contributed by atoms with E-state index in [4.69, 9.17) is 10.5 Å². The minimum Gasteiger partial charge on any atom is -0.396 e. The molecule has 19 heavy (non-hydrogen) atoms. The number of nitrogen functional groups attached to an aromatic ring is 1. The Morgan fingerprint density at radius 2 is 2.32 bits per heavy atom. The molecule has 6 heteroatoms. The van der Waals surface area contributed by atoms with Gasteiger partial charge in [-0.1, -0.05) is 13.8 Å². The van der Waals surface area contributed by atoms with Crippen molar-refractivity contribution in [2.75, 3.05) is 5.73 Å². The summed E-state index contributed by atoms with van der Waals surface area (Å²) < 4.78 is 21.8. The second-order valence-electron chi connectivity index (χ2n) is 5.01. The van der Waals surface area contributed by atoms with Crippen molar-refractivity contribution in [3.05, 3.63) is 24.2 Å². The van der Waals surface area contributed by atoms with Gasteiger partial charge in [0.05, 0.1) is 29.9 Å². The second kappa shape index (κ2) is 4.45. The van der Waals surface area contributed by atoms with Crippen LogP contribution >= 0.6 is 0 Å². The average Bonchev–Trinajstić information content (AvgIpc) is 2.94. The fourth-order valence-electron chi connectivity index (χ4n) is 2.69. The van der Waals surface area contributed by atoms with Crippen LogP contribution in [0.15, 0.2) is 18.5 Å². The molecule has 0 aromatic carbocycles. The lowest BCUT2D eigenvalue weighted by molar-refractivity contribution is 0.0196. The van der Waals surface area contributed by atoms with Gasteiger partial charge in [-0.25, -0.2) is 13.9 Å². The highest BCUT2D eigenvalue weighted by Crippen LogP contribution is 2.40. The van der Waals surface area contributed by atoms with Gasteiger partial charge in [-0.15, -0.1) is 0 Å². The number of aromatic nitrogens is 3. The van der Waals surface area contributed by atoms with Crippen LogP contribution in [0, 0.1) is 5.92 Å². The number of fused-ring (bicyclic) bond motifs is 1. The maximum atomic E-state index is 14.4. The Morgan fingerprint density at radius 3 is 3.00 bits per heavy atom. The first-order valence-corrected chi connectivity index (χ1v) is 6.51. The third kappa shape index (κ3) is 1.78. The number of nitrogens with zero attached hydrogens (tertiary/aromatic N) is 3. The predicted molar refractivity (Wildman–Crippen MR) is 69.4 cm³/mol. The van der Waals surface area contributed by atoms with Crippen molar-refractivity contribution >= 4 is 11.3 Å². The Bertz CT molecular complexity index is 599. The van der Waals surface area contributed by atoms with Crippen LogP contribution in [0.2, 0.25) is 0 Å². The van der Waals surface area contributed by atoms with E-state index in [-0.39, 0.29) is 12.0 Å². The summed E-state index contributed by atoms with van der Waals surface area (Å²) in [7, 11) is 0. The van der Waals surface area contributed by atoms with Crippen LogP contribution in [0.1, 0.15) is 32.1 Å². The number of rotatable bonds is 2. The van der Waals surface area contributed by atoms with Crippen molar-refractivity contribution in [1.82, 2.24) is 14.6 Å². The van der Waals surface area contributed by atoms with Gasteiger partial charge in [-0.05, 0) is 12.5 Å². The quantitative estimate of drug-likeness (QED) is 0.902. The van der Waals surface area contributed by atoms with Crippen molar-refractivity contribution in [2.45, 2.75) is 38.6 Å². The highest BCUT2D eigenvalue weighted by Gasteiger charge is 2.43. The van der Waals surface area contributed by atoms with Crippen LogP contribution < -0.4 is 5.73 Å². The van der Waals surface area contributed by atoms with Gasteiger partial charge in [0.25, 0.3) is 0 Å². The molecular formula is C13H17FN4O. The molecule has 1 saturated heterocycles. The average molecular weight is 264 g/mol. The van der Waals surface area contributed by atoms with Gasteiger partial charge in [0.2, 0.25) is 0 Å². The van der Waals surface area contributed by atoms with E-state index in [2.05, 4.69) is 10.1 Å². The largest absolute Gasteiger partial charge is 0.396 e. The van der Waals surface area contributed by atoms with E-state index in [0.29, 0.717) is 17.0 Å². The van der Waals surface area contributed by atoms with Crippen LogP contribution in [0.4, 0.5) is 10.1 Å². The summed E-state index contributed by atoms with van der Waals surface area (Å²) >= 11 is 0. The Morgan fingerprint density at radius 1 is 1.53 bits per heavy atom. The van der Waals surface area contributed by atoms with Crippen molar-refractivity contribution in [3.8, 4) is 0 Å². The number of hydrogen-bond donors (Lipinski definition) is 1. The van der Waals surface area contributed by atoms with Crippen LogP contribution in [0.25, 0.3) is 5.65 Å². The molecule has 0 bridgehead atoms. The summed E-state index contributed by atoms with van der Waals surface area (Å²) in [5.41, 5.74) is 7.51. The van der Waals surface area contributed by atoms with E-state index in [1.807, 2.05) is 13.8 Å². The highest BCUT2D eigenvalue weighted by atomic mass is 19.1. The molecular weight excluding hydrogens is 247 g/mol. The van der Waals surface area contributed by atoms with Gasteiger partial charge < -0.3 is 10.5 Å². The summed E-state index contributed by atoms with van der Waals surface area (Å²) in [6.07, 6.45) is 2.24. The fraction of sp³-hybridized carbons (Fsp3) is 0.538. The molecule has 3 rings (SSSR count). The molecule has 0 spiro atoms. The van der Waals surface area contributed by atoms with Gasteiger partial charge >= 0.3 is 0 Å². The zero-order valence-corrected chi connectivity index (χ0v) is 11.0. The number of ether oxygens (including phenoxy) is 1. The molecule has 0 aliphatic carbocycles. The minimum atomic E-state index is -1.05. The summed E-state index contributed by atoms with van der Waals surface area (Å²) in [4.78, 5) is 4.20. The summed E-state index contributed by atoms with van der Waals surface area (Å²) in [6.45, 7) is 3.88. The molecule has 3 heterocycles. The monoisotopic (exact) mass is 264 g/mol. The molecule has 1 fully saturated rings. The van der Waals surface area contributed by atoms with Crippen LogP contribution in [-0.2, 0) is 4.74 Å². The number of halogens is 1. The standard InChI is InChI=1S/C13H17FN4O/c1-3-10-7(2)11(14)12(19-10)9-6-16-13-8(15)4-5-17-18(9)13/h4-7,10-12H,3,15H2,1-2H3/t7-,10-,11-,12+/m1/s1. The number of hydrogen-bond acceptors (Lipinski definition) is 4. The highest BCUT2D eigenvalue weighted by molar-refractivity contribution is 5.63. The Kier molecular flexibility index (Phi) is 2.89. The lowest BCUT2D eigenvalue weighted by Crippen LogP contribution is -2.18. The molecule has 1 aliphatic rings. The van der Waals surface area contributed by atoms with Crippen LogP contribution in [0.3, 0.4) is 0 Å². The van der Waals surface area contributed by atoms with Crippen LogP contribution in [-0.4, -0.2) is 26.9 Å². The van der Waals surface area contributed by atoms with Crippen LogP contribution in [0.5, 0.6) is 0 Å². The first-order chi connectivity index (χ1) is 9.13. The van der Waals surface area contributed by atoms with Gasteiger partial charge in [-0.2, -0.15) is 5.10 Å². The summed E-state index contributed by atoms with van der Waals surface area (Å²) in [5.74, 6) is -0.124. The van der Waals surface area contributed by atoms with Crippen molar-refractivity contribution in [1.29, 1.82) is 0 Å². The lowest BCUT2D eigenvalue weighted by atomic mass is 9.97. The molecule has 102 valence electrons. The molecule has 4 atom stereocenters. The smallest absolute Gasteiger partial charge is 0.177 e. The maximum Gasteiger partial charge on any atom is 0.177 e. The predicted octanol–water partition coefficient (Wildman–Crippen LogP) is 2.14. The molecule has 0 amide bonds. The Labute approximate surface area is 110 Å². The topological polar surface area (TPSA) is 65.4 Å². The zero-order valence-electron chi connectivity index (χ0n) is 11.0.